The lowest BCUT2D eigenvalue weighted by molar-refractivity contribution is 0.864. The topological polar surface area (TPSA) is 0 Å². The zero-order valence-electron chi connectivity index (χ0n) is 15.0. The molecule has 0 spiro atoms. The smallest absolute Gasteiger partial charge is 0.0163 e. The second kappa shape index (κ2) is 6.36. The van der Waals surface area contributed by atoms with Crippen molar-refractivity contribution in [1.82, 2.24) is 0 Å². The van der Waals surface area contributed by atoms with Gasteiger partial charge in [0.15, 0.2) is 0 Å². The molecular formula is C24H24. The summed E-state index contributed by atoms with van der Waals surface area (Å²) < 4.78 is 0. The van der Waals surface area contributed by atoms with Crippen LogP contribution in [-0.2, 0) is 0 Å². The molecule has 0 bridgehead atoms. The van der Waals surface area contributed by atoms with Gasteiger partial charge >= 0.3 is 0 Å². The van der Waals surface area contributed by atoms with Crippen LogP contribution in [0.1, 0.15) is 40.5 Å². The Balaban J connectivity index is 1.47. The van der Waals surface area contributed by atoms with Crippen LogP contribution < -0.4 is 0 Å². The van der Waals surface area contributed by atoms with E-state index in [0.29, 0.717) is 0 Å². The molecule has 4 aliphatic rings. The molecule has 24 heavy (non-hydrogen) atoms. The van der Waals surface area contributed by atoms with Gasteiger partial charge in [-0.1, -0.05) is 60.4 Å². The standard InChI is InChI=1S/C24H24/c1-15-11-21-17(3)5-7-19(23(21)13-15)9-10-20-8-6-18(4)22-12-16(2)14-24(20)22/h5-8,11-14H,9-10H2,1-4H3. The third-order valence-corrected chi connectivity index (χ3v) is 5.34. The Morgan fingerprint density at radius 3 is 1.29 bits per heavy atom. The van der Waals surface area contributed by atoms with Gasteiger partial charge in [-0.25, -0.2) is 0 Å². The molecule has 0 aromatic heterocycles. The van der Waals surface area contributed by atoms with E-state index in [2.05, 4.69) is 77.7 Å². The summed E-state index contributed by atoms with van der Waals surface area (Å²) in [7, 11) is 0. The fourth-order valence-electron chi connectivity index (χ4n) is 4.00. The highest BCUT2D eigenvalue weighted by molar-refractivity contribution is 5.69. The van der Waals surface area contributed by atoms with E-state index in [-0.39, 0.29) is 0 Å². The van der Waals surface area contributed by atoms with Gasteiger partial charge in [-0.3, -0.25) is 0 Å². The molecule has 0 heteroatoms. The second-order valence-corrected chi connectivity index (χ2v) is 7.30. The van der Waals surface area contributed by atoms with Gasteiger partial charge in [0, 0.05) is 23.7 Å². The van der Waals surface area contributed by atoms with Crippen LogP contribution in [0.25, 0.3) is 0 Å². The van der Waals surface area contributed by atoms with Gasteiger partial charge < -0.3 is 0 Å². The number of fused-ring (bicyclic) bond motifs is 2. The first-order valence-corrected chi connectivity index (χ1v) is 8.84. The first-order valence-electron chi connectivity index (χ1n) is 8.84. The van der Waals surface area contributed by atoms with Crippen molar-refractivity contribution in [3.63, 3.8) is 0 Å². The zero-order chi connectivity index (χ0) is 16.8. The minimum Gasteiger partial charge on any atom is -0.0650 e. The predicted octanol–water partition coefficient (Wildman–Crippen LogP) is 5.87. The zero-order valence-corrected chi connectivity index (χ0v) is 15.0. The van der Waals surface area contributed by atoms with Gasteiger partial charge in [-0.05, 0) is 64.2 Å². The Bertz CT molecular complexity index is 570. The molecule has 4 rings (SSSR count). The summed E-state index contributed by atoms with van der Waals surface area (Å²) in [5.74, 6) is 8.45. The van der Waals surface area contributed by atoms with E-state index in [4.69, 9.17) is 0 Å². The maximum atomic E-state index is 2.34. The molecule has 0 N–H and O–H groups in total. The molecule has 2 saturated carbocycles. The molecular weight excluding hydrogens is 288 g/mol. The normalized spacial score (nSPS) is 27.7. The fraction of sp³-hybridized carbons (Fsp3) is 0.250. The fourth-order valence-corrected chi connectivity index (χ4v) is 4.00. The molecule has 0 aliphatic heterocycles. The van der Waals surface area contributed by atoms with Gasteiger partial charge in [0.25, 0.3) is 0 Å². The molecule has 10 radical (unpaired) electrons. The van der Waals surface area contributed by atoms with E-state index in [0.717, 1.165) is 12.8 Å². The SMILES string of the molecule is C[C]1[CH][C]2[C]([CH]1)C(CCC1=CC=C(C)[C]3[CH][C](C)[CH][C]31)=CC=C2C. The van der Waals surface area contributed by atoms with Gasteiger partial charge in [-0.15, -0.1) is 0 Å². The second-order valence-electron chi connectivity index (χ2n) is 7.30. The molecule has 0 unspecified atom stereocenters. The number of allylic oxidation sites excluding steroid dienone is 8. The van der Waals surface area contributed by atoms with Crippen LogP contribution in [0, 0.1) is 61.2 Å². The Morgan fingerprint density at radius 1 is 0.500 bits per heavy atom. The van der Waals surface area contributed by atoms with Crippen molar-refractivity contribution in [2.45, 2.75) is 40.5 Å². The van der Waals surface area contributed by atoms with Crippen LogP contribution in [0.15, 0.2) is 46.6 Å². The summed E-state index contributed by atoms with van der Waals surface area (Å²) in [6.45, 7) is 8.81. The number of rotatable bonds is 3. The van der Waals surface area contributed by atoms with Gasteiger partial charge in [0.05, 0.1) is 0 Å². The average Bonchev–Trinajstić information content (AvgIpc) is 3.12. The van der Waals surface area contributed by atoms with Gasteiger partial charge in [-0.2, -0.15) is 0 Å². The monoisotopic (exact) mass is 312 g/mol. The summed E-state index contributed by atoms with van der Waals surface area (Å²) >= 11 is 0. The molecule has 0 heterocycles. The van der Waals surface area contributed by atoms with E-state index in [9.17, 15) is 0 Å². The quantitative estimate of drug-likeness (QED) is 0.611. The van der Waals surface area contributed by atoms with Crippen LogP contribution in [0.4, 0.5) is 0 Å². The van der Waals surface area contributed by atoms with E-state index in [1.54, 1.807) is 0 Å². The lowest BCUT2D eigenvalue weighted by Crippen LogP contribution is -2.14. The maximum absolute atomic E-state index is 2.34. The Labute approximate surface area is 148 Å². The highest BCUT2D eigenvalue weighted by Crippen LogP contribution is 2.52. The molecule has 0 amide bonds. The van der Waals surface area contributed by atoms with Crippen molar-refractivity contribution in [3.05, 3.63) is 108 Å². The third-order valence-electron chi connectivity index (χ3n) is 5.34. The van der Waals surface area contributed by atoms with Crippen molar-refractivity contribution in [2.75, 3.05) is 0 Å². The average molecular weight is 312 g/mol. The third kappa shape index (κ3) is 2.87. The molecule has 0 saturated heterocycles. The van der Waals surface area contributed by atoms with Gasteiger partial charge in [0.1, 0.15) is 0 Å². The van der Waals surface area contributed by atoms with Crippen molar-refractivity contribution in [1.29, 1.82) is 0 Å². The van der Waals surface area contributed by atoms with Gasteiger partial charge in [0.2, 0.25) is 0 Å². The molecule has 0 aromatic carbocycles. The van der Waals surface area contributed by atoms with E-state index in [1.807, 2.05) is 0 Å². The summed E-state index contributed by atoms with van der Waals surface area (Å²) in [6, 6.07) is 0. The first-order chi connectivity index (χ1) is 11.5. The number of hydrogen-bond acceptors (Lipinski definition) is 0. The minimum absolute atomic E-state index is 1.10. The molecule has 0 aromatic rings. The molecule has 120 valence electrons. The van der Waals surface area contributed by atoms with Crippen LogP contribution in [0.3, 0.4) is 0 Å². The van der Waals surface area contributed by atoms with E-state index < -0.39 is 0 Å². The first kappa shape index (κ1) is 16.4. The van der Waals surface area contributed by atoms with Crippen LogP contribution >= 0.6 is 0 Å². The maximum Gasteiger partial charge on any atom is 0.0163 e. The lowest BCUT2D eigenvalue weighted by atomic mass is 9.75. The van der Waals surface area contributed by atoms with Crippen molar-refractivity contribution in [2.24, 2.45) is 0 Å². The summed E-state index contributed by atoms with van der Waals surface area (Å²) in [5.41, 5.74) is 5.71. The molecule has 0 nitrogen and oxygen atoms in total. The summed E-state index contributed by atoms with van der Waals surface area (Å²) in [4.78, 5) is 0. The Morgan fingerprint density at radius 2 is 0.875 bits per heavy atom. The van der Waals surface area contributed by atoms with E-state index >= 15 is 0 Å². The molecule has 0 atom stereocenters. The summed E-state index contributed by atoms with van der Waals surface area (Å²) in [5, 5.41) is 0. The van der Waals surface area contributed by atoms with Crippen molar-refractivity contribution >= 4 is 0 Å². The largest absolute Gasteiger partial charge is 0.0650 e. The Hall–Kier alpha value is -1.04. The van der Waals surface area contributed by atoms with Crippen LogP contribution in [-0.4, -0.2) is 0 Å². The number of hydrogen-bond donors (Lipinski definition) is 0. The highest BCUT2D eigenvalue weighted by atomic mass is 14.4. The van der Waals surface area contributed by atoms with E-state index in [1.165, 1.54) is 57.8 Å². The predicted molar refractivity (Wildman–Crippen MR) is 101 cm³/mol. The van der Waals surface area contributed by atoms with Crippen LogP contribution in [0.2, 0.25) is 0 Å². The van der Waals surface area contributed by atoms with Crippen LogP contribution in [0.5, 0.6) is 0 Å². The van der Waals surface area contributed by atoms with Crippen molar-refractivity contribution in [3.8, 4) is 0 Å². The molecule has 4 aliphatic carbocycles. The summed E-state index contributed by atoms with van der Waals surface area (Å²) in [6.07, 6.45) is 20.7. The Kier molecular flexibility index (Phi) is 4.35. The highest BCUT2D eigenvalue weighted by Gasteiger charge is 2.40. The lowest BCUT2D eigenvalue weighted by Gasteiger charge is -2.28. The minimum atomic E-state index is 1.10. The molecule has 2 fully saturated rings. The van der Waals surface area contributed by atoms with Crippen molar-refractivity contribution < 1.29 is 0 Å².